The second-order valence-corrected chi connectivity index (χ2v) is 6.02. The predicted octanol–water partition coefficient (Wildman–Crippen LogP) is 2.98. The van der Waals surface area contributed by atoms with Gasteiger partial charge in [-0.2, -0.15) is 0 Å². The Kier molecular flexibility index (Phi) is 2.71. The lowest BCUT2D eigenvalue weighted by atomic mass is 10.7. The summed E-state index contributed by atoms with van der Waals surface area (Å²) in [6.45, 7) is 0. The lowest BCUT2D eigenvalue weighted by molar-refractivity contribution is 0.610. The molecule has 7 heteroatoms. The van der Waals surface area contributed by atoms with Gasteiger partial charge >= 0.3 is 0 Å². The Hall–Kier alpha value is 0.520. The molecule has 1 rings (SSSR count). The maximum absolute atomic E-state index is 10.7. The molecule has 0 bridgehead atoms. The van der Waals surface area contributed by atoms with E-state index in [1.165, 1.54) is 5.38 Å². The normalized spacial score (nSPS) is 11.9. The van der Waals surface area contributed by atoms with Crippen molar-refractivity contribution in [3.8, 4) is 0 Å². The second kappa shape index (κ2) is 3.11. The first-order chi connectivity index (χ1) is 4.93. The van der Waals surface area contributed by atoms with E-state index < -0.39 is 9.05 Å². The van der Waals surface area contributed by atoms with Crippen molar-refractivity contribution in [2.45, 2.75) is 4.90 Å². The highest BCUT2D eigenvalue weighted by atomic mass is 35.7. The fourth-order valence-corrected chi connectivity index (χ4v) is 4.12. The van der Waals surface area contributed by atoms with Crippen molar-refractivity contribution in [1.82, 2.24) is 0 Å². The molecule has 0 spiro atoms. The van der Waals surface area contributed by atoms with Crippen molar-refractivity contribution < 1.29 is 8.42 Å². The lowest BCUT2D eigenvalue weighted by Gasteiger charge is -1.91. The SMILES string of the molecule is O=S(=O)(Cl)c1c(Cl)csc1Cl. The highest BCUT2D eigenvalue weighted by Gasteiger charge is 2.20. The number of halogens is 3. The Morgan fingerprint density at radius 1 is 1.36 bits per heavy atom. The van der Waals surface area contributed by atoms with Gasteiger partial charge in [0.15, 0.2) is 0 Å². The molecular formula is C4HCl3O2S2. The van der Waals surface area contributed by atoms with E-state index in [2.05, 4.69) is 0 Å². The average Bonchev–Trinajstić information content (AvgIpc) is 2.08. The number of thiophene rings is 1. The molecule has 0 unspecified atom stereocenters. The van der Waals surface area contributed by atoms with Crippen molar-refractivity contribution in [2.24, 2.45) is 0 Å². The molecule has 0 aliphatic carbocycles. The van der Waals surface area contributed by atoms with Crippen LogP contribution in [0.5, 0.6) is 0 Å². The maximum atomic E-state index is 10.7. The zero-order chi connectivity index (χ0) is 8.65. The van der Waals surface area contributed by atoms with Crippen molar-refractivity contribution in [3.63, 3.8) is 0 Å². The zero-order valence-corrected chi connectivity index (χ0v) is 8.75. The molecule has 2 nitrogen and oxygen atoms in total. The first-order valence-electron chi connectivity index (χ1n) is 2.30. The molecule has 1 heterocycles. The third kappa shape index (κ3) is 2.00. The Balaban J connectivity index is 3.45. The van der Waals surface area contributed by atoms with Crippen LogP contribution in [0.2, 0.25) is 9.36 Å². The van der Waals surface area contributed by atoms with Gasteiger partial charge in [0.05, 0.1) is 5.02 Å². The summed E-state index contributed by atoms with van der Waals surface area (Å²) >= 11 is 12.0. The van der Waals surface area contributed by atoms with E-state index in [1.54, 1.807) is 0 Å². The number of hydrogen-bond acceptors (Lipinski definition) is 3. The summed E-state index contributed by atoms with van der Waals surface area (Å²) < 4.78 is 21.6. The van der Waals surface area contributed by atoms with Crippen LogP contribution in [-0.4, -0.2) is 8.42 Å². The molecule has 1 aromatic rings. The van der Waals surface area contributed by atoms with Gasteiger partial charge in [-0.25, -0.2) is 8.42 Å². The Bertz CT molecular complexity index is 347. The quantitative estimate of drug-likeness (QED) is 0.719. The predicted molar refractivity (Wildman–Crippen MR) is 47.4 cm³/mol. The monoisotopic (exact) mass is 250 g/mol. The molecule has 62 valence electrons. The molecule has 0 amide bonds. The Morgan fingerprint density at radius 3 is 2.09 bits per heavy atom. The van der Waals surface area contributed by atoms with Gasteiger partial charge < -0.3 is 0 Å². The lowest BCUT2D eigenvalue weighted by Crippen LogP contribution is -1.88. The zero-order valence-electron chi connectivity index (χ0n) is 4.84. The Labute approximate surface area is 82.1 Å². The van der Waals surface area contributed by atoms with E-state index in [9.17, 15) is 8.42 Å². The van der Waals surface area contributed by atoms with Crippen LogP contribution in [0.25, 0.3) is 0 Å². The molecule has 0 aliphatic rings. The van der Waals surface area contributed by atoms with E-state index in [4.69, 9.17) is 33.9 Å². The average molecular weight is 252 g/mol. The minimum absolute atomic E-state index is 0.0648. The number of hydrogen-bond donors (Lipinski definition) is 0. The van der Waals surface area contributed by atoms with Crippen LogP contribution in [0.4, 0.5) is 0 Å². The maximum Gasteiger partial charge on any atom is 0.265 e. The molecule has 0 saturated heterocycles. The fraction of sp³-hybridized carbons (Fsp3) is 0. The topological polar surface area (TPSA) is 34.1 Å². The van der Waals surface area contributed by atoms with Gasteiger partial charge in [-0.3, -0.25) is 0 Å². The van der Waals surface area contributed by atoms with Gasteiger partial charge in [-0.05, 0) is 0 Å². The molecule has 0 radical (unpaired) electrons. The molecule has 0 saturated carbocycles. The van der Waals surface area contributed by atoms with Crippen molar-refractivity contribution in [3.05, 3.63) is 14.7 Å². The molecule has 0 atom stereocenters. The van der Waals surface area contributed by atoms with Gasteiger partial charge in [-0.1, -0.05) is 23.2 Å². The number of rotatable bonds is 1. The summed E-state index contributed by atoms with van der Waals surface area (Å²) in [6, 6.07) is 0. The van der Waals surface area contributed by atoms with E-state index >= 15 is 0 Å². The smallest absolute Gasteiger partial charge is 0.207 e. The van der Waals surface area contributed by atoms with Gasteiger partial charge in [-0.15, -0.1) is 11.3 Å². The molecular weight excluding hydrogens is 251 g/mol. The van der Waals surface area contributed by atoms with Gasteiger partial charge in [0.1, 0.15) is 9.23 Å². The highest BCUT2D eigenvalue weighted by molar-refractivity contribution is 8.14. The third-order valence-corrected chi connectivity index (χ3v) is 4.28. The summed E-state index contributed by atoms with van der Waals surface area (Å²) in [7, 11) is 1.22. The summed E-state index contributed by atoms with van der Waals surface area (Å²) in [5.74, 6) is 0. The van der Waals surface area contributed by atoms with Crippen LogP contribution >= 0.6 is 45.2 Å². The van der Waals surface area contributed by atoms with E-state index in [0.717, 1.165) is 11.3 Å². The Morgan fingerprint density at radius 2 is 1.91 bits per heavy atom. The first-order valence-corrected chi connectivity index (χ1v) is 6.24. The van der Waals surface area contributed by atoms with Crippen LogP contribution < -0.4 is 0 Å². The second-order valence-electron chi connectivity index (χ2n) is 1.62. The van der Waals surface area contributed by atoms with E-state index in [0.29, 0.717) is 0 Å². The molecule has 0 fully saturated rings. The van der Waals surface area contributed by atoms with E-state index in [1.807, 2.05) is 0 Å². The van der Waals surface area contributed by atoms with Crippen molar-refractivity contribution >= 4 is 54.3 Å². The summed E-state index contributed by atoms with van der Waals surface area (Å²) in [4.78, 5) is -0.201. The first kappa shape index (κ1) is 9.61. The van der Waals surface area contributed by atoms with Gasteiger partial charge in [0, 0.05) is 16.1 Å². The van der Waals surface area contributed by atoms with E-state index in [-0.39, 0.29) is 14.3 Å². The van der Waals surface area contributed by atoms with Crippen LogP contribution in [0.15, 0.2) is 10.3 Å². The van der Waals surface area contributed by atoms with Crippen LogP contribution in [0.3, 0.4) is 0 Å². The third-order valence-electron chi connectivity index (χ3n) is 0.905. The standard InChI is InChI=1S/C4HCl3O2S2/c5-2-1-10-4(6)3(2)11(7,8)9/h1H. The summed E-state index contributed by atoms with van der Waals surface area (Å²) in [5.41, 5.74) is 0. The molecule has 0 aliphatic heterocycles. The molecule has 0 aromatic carbocycles. The minimum atomic E-state index is -3.80. The summed E-state index contributed by atoms with van der Waals surface area (Å²) in [5, 5.41) is 1.48. The van der Waals surface area contributed by atoms with Crippen LogP contribution in [0.1, 0.15) is 0 Å². The van der Waals surface area contributed by atoms with Crippen molar-refractivity contribution in [2.75, 3.05) is 0 Å². The van der Waals surface area contributed by atoms with Crippen LogP contribution in [-0.2, 0) is 9.05 Å². The fourth-order valence-electron chi connectivity index (χ4n) is 0.517. The van der Waals surface area contributed by atoms with Gasteiger partial charge in [0.2, 0.25) is 0 Å². The molecule has 0 N–H and O–H groups in total. The van der Waals surface area contributed by atoms with Crippen molar-refractivity contribution in [1.29, 1.82) is 0 Å². The minimum Gasteiger partial charge on any atom is -0.207 e. The largest absolute Gasteiger partial charge is 0.265 e. The molecule has 1 aromatic heterocycles. The van der Waals surface area contributed by atoms with Crippen LogP contribution in [0, 0.1) is 0 Å². The highest BCUT2D eigenvalue weighted by Crippen LogP contribution is 2.36. The summed E-state index contributed by atoms with van der Waals surface area (Å²) in [6.07, 6.45) is 0. The molecule has 11 heavy (non-hydrogen) atoms. The van der Waals surface area contributed by atoms with Gasteiger partial charge in [0.25, 0.3) is 9.05 Å².